The highest BCUT2D eigenvalue weighted by atomic mass is 16.4. The van der Waals surface area contributed by atoms with Crippen LogP contribution in [-0.2, 0) is 4.79 Å². The molecule has 1 rings (SSSR count). The van der Waals surface area contributed by atoms with Crippen molar-refractivity contribution in [2.45, 2.75) is 27.7 Å². The standard InChI is InChI=1S/C16H22N2O2/c1-11-6-8-12(9-7-11)18-13(15(19)20)10-14(17-5)16(2,3)4/h6-10,18H,1-5H3,(H,19,20)/b13-10-,17-14+. The minimum absolute atomic E-state index is 0.115. The normalized spacial score (nSPS) is 13.2. The molecule has 1 aromatic carbocycles. The van der Waals surface area contributed by atoms with Crippen LogP contribution in [-0.4, -0.2) is 23.8 Å². The average molecular weight is 274 g/mol. The molecular formula is C16H22N2O2. The molecule has 0 aliphatic carbocycles. The van der Waals surface area contributed by atoms with E-state index in [2.05, 4.69) is 10.3 Å². The van der Waals surface area contributed by atoms with Crippen LogP contribution in [0.25, 0.3) is 0 Å². The summed E-state index contributed by atoms with van der Waals surface area (Å²) < 4.78 is 0. The van der Waals surface area contributed by atoms with E-state index < -0.39 is 5.97 Å². The van der Waals surface area contributed by atoms with E-state index in [-0.39, 0.29) is 11.1 Å². The number of carbonyl (C=O) groups is 1. The van der Waals surface area contributed by atoms with E-state index in [1.165, 1.54) is 0 Å². The highest BCUT2D eigenvalue weighted by molar-refractivity contribution is 6.05. The molecular weight excluding hydrogens is 252 g/mol. The number of anilines is 1. The van der Waals surface area contributed by atoms with Gasteiger partial charge in [-0.15, -0.1) is 0 Å². The number of aliphatic imine (C=N–C) groups is 1. The molecule has 0 radical (unpaired) electrons. The molecule has 108 valence electrons. The van der Waals surface area contributed by atoms with Gasteiger partial charge in [-0.05, 0) is 25.1 Å². The molecule has 20 heavy (non-hydrogen) atoms. The Kier molecular flexibility index (Phi) is 5.08. The first-order chi connectivity index (χ1) is 9.24. The Balaban J connectivity index is 3.06. The molecule has 0 bridgehead atoms. The molecule has 0 heterocycles. The van der Waals surface area contributed by atoms with Gasteiger partial charge in [0.2, 0.25) is 0 Å². The van der Waals surface area contributed by atoms with Crippen molar-refractivity contribution in [3.05, 3.63) is 41.6 Å². The largest absolute Gasteiger partial charge is 0.477 e. The van der Waals surface area contributed by atoms with Crippen molar-refractivity contribution in [1.82, 2.24) is 0 Å². The molecule has 0 aromatic heterocycles. The van der Waals surface area contributed by atoms with E-state index in [0.717, 1.165) is 17.0 Å². The van der Waals surface area contributed by atoms with Gasteiger partial charge in [-0.3, -0.25) is 4.99 Å². The van der Waals surface area contributed by atoms with Gasteiger partial charge in [0.05, 0.1) is 0 Å². The van der Waals surface area contributed by atoms with Gasteiger partial charge in [-0.1, -0.05) is 38.5 Å². The predicted molar refractivity (Wildman–Crippen MR) is 83.3 cm³/mol. The van der Waals surface area contributed by atoms with Crippen molar-refractivity contribution < 1.29 is 9.90 Å². The third-order valence-electron chi connectivity index (χ3n) is 2.85. The Morgan fingerprint density at radius 1 is 1.25 bits per heavy atom. The molecule has 2 N–H and O–H groups in total. The van der Waals surface area contributed by atoms with E-state index >= 15 is 0 Å². The van der Waals surface area contributed by atoms with Crippen molar-refractivity contribution in [1.29, 1.82) is 0 Å². The van der Waals surface area contributed by atoms with Crippen LogP contribution in [0.4, 0.5) is 5.69 Å². The fourth-order valence-electron chi connectivity index (χ4n) is 1.70. The summed E-state index contributed by atoms with van der Waals surface area (Å²) >= 11 is 0. The first-order valence-electron chi connectivity index (χ1n) is 6.50. The minimum atomic E-state index is -1.00. The SMILES string of the molecule is C/N=C(\C=C(/Nc1ccc(C)cc1)C(=O)O)C(C)(C)C. The van der Waals surface area contributed by atoms with Gasteiger partial charge >= 0.3 is 5.97 Å². The smallest absolute Gasteiger partial charge is 0.352 e. The molecule has 4 nitrogen and oxygen atoms in total. The van der Waals surface area contributed by atoms with Gasteiger partial charge in [-0.25, -0.2) is 4.79 Å². The summed E-state index contributed by atoms with van der Waals surface area (Å²) in [7, 11) is 1.67. The molecule has 1 aromatic rings. The quantitative estimate of drug-likeness (QED) is 0.652. The lowest BCUT2D eigenvalue weighted by Crippen LogP contribution is -2.21. The first-order valence-corrected chi connectivity index (χ1v) is 6.50. The van der Waals surface area contributed by atoms with Crippen molar-refractivity contribution in [3.63, 3.8) is 0 Å². The second-order valence-electron chi connectivity index (χ2n) is 5.71. The van der Waals surface area contributed by atoms with E-state index in [1.807, 2.05) is 52.0 Å². The topological polar surface area (TPSA) is 61.7 Å². The molecule has 4 heteroatoms. The highest BCUT2D eigenvalue weighted by Crippen LogP contribution is 2.19. The van der Waals surface area contributed by atoms with Gasteiger partial charge in [0.1, 0.15) is 5.70 Å². The summed E-state index contributed by atoms with van der Waals surface area (Å²) in [5.41, 5.74) is 2.51. The number of aryl methyl sites for hydroxylation is 1. The number of carboxylic acid groups (broad SMARTS) is 1. The van der Waals surface area contributed by atoms with Crippen molar-refractivity contribution in [2.24, 2.45) is 10.4 Å². The second kappa shape index (κ2) is 6.37. The number of carboxylic acids is 1. The van der Waals surface area contributed by atoms with Crippen LogP contribution in [0.2, 0.25) is 0 Å². The Labute approximate surface area is 120 Å². The number of benzene rings is 1. The zero-order valence-corrected chi connectivity index (χ0v) is 12.7. The zero-order chi connectivity index (χ0) is 15.3. The lowest BCUT2D eigenvalue weighted by atomic mass is 9.89. The number of hydrogen-bond donors (Lipinski definition) is 2. The van der Waals surface area contributed by atoms with Crippen LogP contribution in [0.5, 0.6) is 0 Å². The van der Waals surface area contributed by atoms with Crippen LogP contribution in [0.3, 0.4) is 0 Å². The maximum Gasteiger partial charge on any atom is 0.352 e. The monoisotopic (exact) mass is 274 g/mol. The molecule has 0 amide bonds. The molecule has 0 unspecified atom stereocenters. The molecule has 0 aliphatic rings. The Morgan fingerprint density at radius 3 is 2.20 bits per heavy atom. The first kappa shape index (κ1) is 16.0. The number of hydrogen-bond acceptors (Lipinski definition) is 3. The number of rotatable bonds is 4. The lowest BCUT2D eigenvalue weighted by Gasteiger charge is -2.19. The summed E-state index contributed by atoms with van der Waals surface area (Å²) in [5, 5.41) is 12.2. The molecule has 0 saturated carbocycles. The highest BCUT2D eigenvalue weighted by Gasteiger charge is 2.19. The molecule has 0 atom stereocenters. The van der Waals surface area contributed by atoms with Crippen LogP contribution in [0.1, 0.15) is 26.3 Å². The molecule has 0 fully saturated rings. The molecule has 0 saturated heterocycles. The van der Waals surface area contributed by atoms with Crippen molar-refractivity contribution in [3.8, 4) is 0 Å². The second-order valence-corrected chi connectivity index (χ2v) is 5.71. The summed E-state index contributed by atoms with van der Waals surface area (Å²) in [4.78, 5) is 15.5. The number of aliphatic carboxylic acids is 1. The van der Waals surface area contributed by atoms with E-state index in [1.54, 1.807) is 13.1 Å². The maximum absolute atomic E-state index is 11.4. The van der Waals surface area contributed by atoms with Crippen molar-refractivity contribution >= 4 is 17.4 Å². The number of allylic oxidation sites excluding steroid dienone is 1. The van der Waals surface area contributed by atoms with Crippen LogP contribution in [0.15, 0.2) is 41.0 Å². The average Bonchev–Trinajstić information content (AvgIpc) is 2.34. The van der Waals surface area contributed by atoms with Gasteiger partial charge in [0.15, 0.2) is 0 Å². The lowest BCUT2D eigenvalue weighted by molar-refractivity contribution is -0.132. The van der Waals surface area contributed by atoms with Crippen LogP contribution in [0, 0.1) is 12.3 Å². The van der Waals surface area contributed by atoms with Gasteiger partial charge in [0.25, 0.3) is 0 Å². The van der Waals surface area contributed by atoms with Crippen molar-refractivity contribution in [2.75, 3.05) is 12.4 Å². The fraction of sp³-hybridized carbons (Fsp3) is 0.375. The maximum atomic E-state index is 11.4. The zero-order valence-electron chi connectivity index (χ0n) is 12.7. The summed E-state index contributed by atoms with van der Waals surface area (Å²) in [6, 6.07) is 7.57. The third-order valence-corrected chi connectivity index (χ3v) is 2.85. The summed E-state index contributed by atoms with van der Waals surface area (Å²) in [5.74, 6) is -1.00. The minimum Gasteiger partial charge on any atom is -0.477 e. The predicted octanol–water partition coefficient (Wildman–Crippen LogP) is 3.49. The Morgan fingerprint density at radius 2 is 1.80 bits per heavy atom. The van der Waals surface area contributed by atoms with Crippen LogP contribution >= 0.6 is 0 Å². The number of nitrogens with zero attached hydrogens (tertiary/aromatic N) is 1. The van der Waals surface area contributed by atoms with Gasteiger partial charge in [-0.2, -0.15) is 0 Å². The fourth-order valence-corrected chi connectivity index (χ4v) is 1.70. The molecule has 0 spiro atoms. The number of nitrogens with one attached hydrogen (secondary N) is 1. The van der Waals surface area contributed by atoms with Gasteiger partial charge < -0.3 is 10.4 Å². The molecule has 0 aliphatic heterocycles. The third kappa shape index (κ3) is 4.53. The Bertz CT molecular complexity index is 535. The van der Waals surface area contributed by atoms with E-state index in [4.69, 9.17) is 0 Å². The summed E-state index contributed by atoms with van der Waals surface area (Å²) in [6.45, 7) is 7.98. The van der Waals surface area contributed by atoms with E-state index in [9.17, 15) is 9.90 Å². The van der Waals surface area contributed by atoms with Crippen LogP contribution < -0.4 is 5.32 Å². The van der Waals surface area contributed by atoms with Gasteiger partial charge in [0, 0.05) is 23.9 Å². The summed E-state index contributed by atoms with van der Waals surface area (Å²) in [6.07, 6.45) is 1.59. The Hall–Kier alpha value is -2.10. The van der Waals surface area contributed by atoms with E-state index in [0.29, 0.717) is 0 Å².